The number of imidazole rings is 1. The van der Waals surface area contributed by atoms with E-state index in [1.807, 2.05) is 7.05 Å². The summed E-state index contributed by atoms with van der Waals surface area (Å²) in [4.78, 5) is 23.6. The van der Waals surface area contributed by atoms with E-state index in [0.717, 1.165) is 12.4 Å². The highest BCUT2D eigenvalue weighted by molar-refractivity contribution is 5.84. The highest BCUT2D eigenvalue weighted by Gasteiger charge is 2.36. The highest BCUT2D eigenvalue weighted by Crippen LogP contribution is 2.25. The Bertz CT molecular complexity index is 488. The average molecular weight is 261 g/mol. The quantitative estimate of drug-likeness (QED) is 0.853. The van der Waals surface area contributed by atoms with Gasteiger partial charge in [0.25, 0.3) is 0 Å². The summed E-state index contributed by atoms with van der Waals surface area (Å²) in [5.74, 6) is 0.745. The van der Waals surface area contributed by atoms with E-state index in [1.54, 1.807) is 31.1 Å². The third-order valence-corrected chi connectivity index (χ3v) is 3.58. The van der Waals surface area contributed by atoms with E-state index in [1.165, 1.54) is 0 Å². The first kappa shape index (κ1) is 13.6. The van der Waals surface area contributed by atoms with Crippen LogP contribution in [0.3, 0.4) is 0 Å². The molecule has 1 aliphatic rings. The Kier molecular flexibility index (Phi) is 3.58. The molecule has 0 radical (unpaired) electrons. The SMILES string of the molecule is CN1CCN(C(=O)C(C)(C)C#N)C[C@@H]1c1ncc[nH]1. The van der Waals surface area contributed by atoms with Crippen LogP contribution in [0.25, 0.3) is 0 Å². The number of H-pyrrole nitrogens is 1. The van der Waals surface area contributed by atoms with Crippen LogP contribution in [-0.4, -0.2) is 52.4 Å². The maximum Gasteiger partial charge on any atom is 0.242 e. The summed E-state index contributed by atoms with van der Waals surface area (Å²) < 4.78 is 0. The minimum Gasteiger partial charge on any atom is -0.347 e. The zero-order valence-corrected chi connectivity index (χ0v) is 11.6. The number of amides is 1. The number of nitriles is 1. The van der Waals surface area contributed by atoms with E-state index in [2.05, 4.69) is 20.9 Å². The number of rotatable bonds is 2. The number of carbonyl (C=O) groups excluding carboxylic acids is 1. The monoisotopic (exact) mass is 261 g/mol. The molecule has 1 aromatic heterocycles. The summed E-state index contributed by atoms with van der Waals surface area (Å²) in [7, 11) is 2.02. The molecule has 0 spiro atoms. The van der Waals surface area contributed by atoms with Crippen molar-refractivity contribution in [3.05, 3.63) is 18.2 Å². The lowest BCUT2D eigenvalue weighted by Crippen LogP contribution is -2.52. The van der Waals surface area contributed by atoms with Gasteiger partial charge in [-0.1, -0.05) is 0 Å². The van der Waals surface area contributed by atoms with Crippen LogP contribution < -0.4 is 0 Å². The zero-order chi connectivity index (χ0) is 14.0. The zero-order valence-electron chi connectivity index (χ0n) is 11.6. The summed E-state index contributed by atoms with van der Waals surface area (Å²) in [6, 6.07) is 2.13. The van der Waals surface area contributed by atoms with E-state index < -0.39 is 5.41 Å². The Labute approximate surface area is 113 Å². The second-order valence-corrected chi connectivity index (χ2v) is 5.46. The molecule has 6 nitrogen and oxygen atoms in total. The molecule has 1 fully saturated rings. The van der Waals surface area contributed by atoms with Gasteiger partial charge in [-0.15, -0.1) is 0 Å². The average Bonchev–Trinajstić information content (AvgIpc) is 2.92. The summed E-state index contributed by atoms with van der Waals surface area (Å²) in [5, 5.41) is 9.07. The first-order valence-corrected chi connectivity index (χ1v) is 6.36. The second-order valence-electron chi connectivity index (χ2n) is 5.46. The van der Waals surface area contributed by atoms with Gasteiger partial charge in [0.2, 0.25) is 5.91 Å². The van der Waals surface area contributed by atoms with Gasteiger partial charge in [0.05, 0.1) is 12.1 Å². The van der Waals surface area contributed by atoms with Crippen molar-refractivity contribution in [2.75, 3.05) is 26.7 Å². The van der Waals surface area contributed by atoms with Crippen molar-refractivity contribution < 1.29 is 4.79 Å². The van der Waals surface area contributed by atoms with Crippen molar-refractivity contribution in [1.29, 1.82) is 5.26 Å². The Morgan fingerprint density at radius 3 is 2.89 bits per heavy atom. The van der Waals surface area contributed by atoms with Crippen molar-refractivity contribution in [2.24, 2.45) is 5.41 Å². The van der Waals surface area contributed by atoms with E-state index in [-0.39, 0.29) is 11.9 Å². The van der Waals surface area contributed by atoms with Crippen LogP contribution in [0.1, 0.15) is 25.7 Å². The number of aromatic amines is 1. The first-order chi connectivity index (χ1) is 8.95. The number of likely N-dealkylation sites (N-methyl/N-ethyl adjacent to an activating group) is 1. The Balaban J connectivity index is 2.14. The van der Waals surface area contributed by atoms with E-state index in [9.17, 15) is 4.79 Å². The molecule has 0 aromatic carbocycles. The maximum atomic E-state index is 12.3. The van der Waals surface area contributed by atoms with Crippen LogP contribution in [0.5, 0.6) is 0 Å². The molecule has 1 aliphatic heterocycles. The number of hydrogen-bond acceptors (Lipinski definition) is 4. The molecule has 6 heteroatoms. The number of nitrogens with zero attached hydrogens (tertiary/aromatic N) is 4. The molecular formula is C13H19N5O. The van der Waals surface area contributed by atoms with Gasteiger partial charge >= 0.3 is 0 Å². The molecule has 0 unspecified atom stereocenters. The van der Waals surface area contributed by atoms with Crippen LogP contribution in [0.4, 0.5) is 0 Å². The normalized spacial score (nSPS) is 21.2. The van der Waals surface area contributed by atoms with Gasteiger partial charge in [0, 0.05) is 32.0 Å². The van der Waals surface area contributed by atoms with Crippen molar-refractivity contribution in [1.82, 2.24) is 19.8 Å². The molecule has 0 bridgehead atoms. The molecule has 1 atom stereocenters. The van der Waals surface area contributed by atoms with Gasteiger partial charge in [-0.05, 0) is 20.9 Å². The van der Waals surface area contributed by atoms with Gasteiger partial charge in [-0.25, -0.2) is 4.98 Å². The molecular weight excluding hydrogens is 242 g/mol. The van der Waals surface area contributed by atoms with Gasteiger partial charge in [-0.2, -0.15) is 5.26 Å². The van der Waals surface area contributed by atoms with Gasteiger partial charge in [-0.3, -0.25) is 9.69 Å². The molecule has 0 aliphatic carbocycles. The fourth-order valence-electron chi connectivity index (χ4n) is 2.26. The lowest BCUT2D eigenvalue weighted by molar-refractivity contribution is -0.140. The Hall–Kier alpha value is -1.87. The van der Waals surface area contributed by atoms with Gasteiger partial charge in [0.1, 0.15) is 11.2 Å². The highest BCUT2D eigenvalue weighted by atomic mass is 16.2. The molecule has 1 aromatic rings. The van der Waals surface area contributed by atoms with Crippen molar-refractivity contribution in [2.45, 2.75) is 19.9 Å². The minimum absolute atomic E-state index is 0.0576. The van der Waals surface area contributed by atoms with Crippen LogP contribution in [-0.2, 0) is 4.79 Å². The van der Waals surface area contributed by atoms with Gasteiger partial charge < -0.3 is 9.88 Å². The van der Waals surface area contributed by atoms with Crippen molar-refractivity contribution in [3.63, 3.8) is 0 Å². The largest absolute Gasteiger partial charge is 0.347 e. The van der Waals surface area contributed by atoms with Crippen LogP contribution >= 0.6 is 0 Å². The van der Waals surface area contributed by atoms with Crippen molar-refractivity contribution >= 4 is 5.91 Å². The van der Waals surface area contributed by atoms with Crippen molar-refractivity contribution in [3.8, 4) is 6.07 Å². The predicted octanol–water partition coefficient (Wildman–Crippen LogP) is 0.775. The first-order valence-electron chi connectivity index (χ1n) is 6.36. The molecule has 1 N–H and O–H groups in total. The molecule has 2 heterocycles. The standard InChI is InChI=1S/C13H19N5O/c1-13(2,9-14)12(19)18-7-6-17(3)10(8-18)11-15-4-5-16-11/h4-5,10H,6-8H2,1-3H3,(H,15,16)/t10-/m1/s1. The molecule has 0 saturated carbocycles. The summed E-state index contributed by atoms with van der Waals surface area (Å²) in [5.41, 5.74) is -0.969. The van der Waals surface area contributed by atoms with Gasteiger partial charge in [0.15, 0.2) is 0 Å². The lowest BCUT2D eigenvalue weighted by Gasteiger charge is -2.40. The Morgan fingerprint density at radius 2 is 2.32 bits per heavy atom. The second kappa shape index (κ2) is 5.02. The lowest BCUT2D eigenvalue weighted by atomic mass is 9.93. The fraction of sp³-hybridized carbons (Fsp3) is 0.615. The Morgan fingerprint density at radius 1 is 1.58 bits per heavy atom. The molecule has 19 heavy (non-hydrogen) atoms. The van der Waals surface area contributed by atoms with Crippen LogP contribution in [0.2, 0.25) is 0 Å². The van der Waals surface area contributed by atoms with Crippen LogP contribution in [0, 0.1) is 16.7 Å². The smallest absolute Gasteiger partial charge is 0.242 e. The summed E-state index contributed by atoms with van der Waals surface area (Å²) in [6.45, 7) is 5.31. The predicted molar refractivity (Wildman–Crippen MR) is 69.9 cm³/mol. The number of carbonyl (C=O) groups is 1. The third-order valence-electron chi connectivity index (χ3n) is 3.58. The number of piperazine rings is 1. The topological polar surface area (TPSA) is 76.0 Å². The molecule has 2 rings (SSSR count). The van der Waals surface area contributed by atoms with E-state index in [4.69, 9.17) is 5.26 Å². The fourth-order valence-corrected chi connectivity index (χ4v) is 2.26. The number of aromatic nitrogens is 2. The molecule has 1 saturated heterocycles. The number of nitrogens with one attached hydrogen (secondary N) is 1. The summed E-state index contributed by atoms with van der Waals surface area (Å²) in [6.07, 6.45) is 3.49. The summed E-state index contributed by atoms with van der Waals surface area (Å²) >= 11 is 0. The third kappa shape index (κ3) is 2.61. The maximum absolute atomic E-state index is 12.3. The molecule has 102 valence electrons. The molecule has 1 amide bonds. The van der Waals surface area contributed by atoms with Crippen LogP contribution in [0.15, 0.2) is 12.4 Å². The minimum atomic E-state index is -0.969. The number of hydrogen-bond donors (Lipinski definition) is 1. The van der Waals surface area contributed by atoms with E-state index >= 15 is 0 Å². The van der Waals surface area contributed by atoms with E-state index in [0.29, 0.717) is 13.1 Å².